The van der Waals surface area contributed by atoms with E-state index in [1.807, 2.05) is 0 Å². The number of aliphatic hydroxyl groups is 1. The van der Waals surface area contributed by atoms with Gasteiger partial charge in [0.25, 0.3) is 5.91 Å². The van der Waals surface area contributed by atoms with E-state index < -0.39 is 0 Å². The maximum atomic E-state index is 11.9. The minimum atomic E-state index is -0.256. The SMILES string of the molecule is CCCCN(CCO)C(=O)[C@@H]1CCCO1. The maximum absolute atomic E-state index is 11.9. The number of ether oxygens (including phenoxy) is 1. The van der Waals surface area contributed by atoms with Crippen molar-refractivity contribution in [3.8, 4) is 0 Å². The molecule has 0 saturated carbocycles. The molecular formula is C11H21NO3. The van der Waals surface area contributed by atoms with E-state index in [4.69, 9.17) is 9.84 Å². The summed E-state index contributed by atoms with van der Waals surface area (Å²) in [7, 11) is 0. The fraction of sp³-hybridized carbons (Fsp3) is 0.909. The molecule has 0 spiro atoms. The Morgan fingerprint density at radius 1 is 1.53 bits per heavy atom. The summed E-state index contributed by atoms with van der Waals surface area (Å²) in [6.07, 6.45) is 3.58. The Hall–Kier alpha value is -0.610. The minimum Gasteiger partial charge on any atom is -0.395 e. The normalized spacial score (nSPS) is 20.5. The Morgan fingerprint density at radius 2 is 2.33 bits per heavy atom. The molecule has 1 amide bonds. The van der Waals surface area contributed by atoms with E-state index in [1.54, 1.807) is 4.90 Å². The number of aliphatic hydroxyl groups excluding tert-OH is 1. The predicted molar refractivity (Wildman–Crippen MR) is 57.5 cm³/mol. The van der Waals surface area contributed by atoms with E-state index in [0.717, 1.165) is 32.2 Å². The highest BCUT2D eigenvalue weighted by Crippen LogP contribution is 2.14. The molecule has 88 valence electrons. The van der Waals surface area contributed by atoms with Gasteiger partial charge in [-0.25, -0.2) is 0 Å². The van der Waals surface area contributed by atoms with Crippen molar-refractivity contribution in [1.82, 2.24) is 4.90 Å². The highest BCUT2D eigenvalue weighted by molar-refractivity contribution is 5.81. The average Bonchev–Trinajstić information content (AvgIpc) is 2.76. The molecule has 1 heterocycles. The van der Waals surface area contributed by atoms with Gasteiger partial charge in [0.05, 0.1) is 6.61 Å². The van der Waals surface area contributed by atoms with Gasteiger partial charge in [-0.15, -0.1) is 0 Å². The van der Waals surface area contributed by atoms with Crippen molar-refractivity contribution in [2.45, 2.75) is 38.7 Å². The van der Waals surface area contributed by atoms with Crippen LogP contribution in [0.1, 0.15) is 32.6 Å². The first-order valence-electron chi connectivity index (χ1n) is 5.80. The molecule has 4 heteroatoms. The fourth-order valence-electron chi connectivity index (χ4n) is 1.78. The van der Waals surface area contributed by atoms with Crippen LogP contribution in [0.15, 0.2) is 0 Å². The lowest BCUT2D eigenvalue weighted by Gasteiger charge is -2.24. The Morgan fingerprint density at radius 3 is 2.87 bits per heavy atom. The third-order valence-electron chi connectivity index (χ3n) is 2.67. The van der Waals surface area contributed by atoms with Crippen LogP contribution in [0.3, 0.4) is 0 Å². The number of amides is 1. The zero-order valence-electron chi connectivity index (χ0n) is 9.45. The van der Waals surface area contributed by atoms with E-state index in [-0.39, 0.29) is 18.6 Å². The minimum absolute atomic E-state index is 0.0299. The molecule has 0 aromatic rings. The summed E-state index contributed by atoms with van der Waals surface area (Å²) >= 11 is 0. The van der Waals surface area contributed by atoms with Crippen molar-refractivity contribution in [1.29, 1.82) is 0 Å². The Balaban J connectivity index is 2.41. The van der Waals surface area contributed by atoms with Crippen LogP contribution >= 0.6 is 0 Å². The maximum Gasteiger partial charge on any atom is 0.251 e. The van der Waals surface area contributed by atoms with E-state index in [1.165, 1.54) is 0 Å². The summed E-state index contributed by atoms with van der Waals surface area (Å²) in [6.45, 7) is 3.97. The summed E-state index contributed by atoms with van der Waals surface area (Å²) in [5, 5.41) is 8.89. The van der Waals surface area contributed by atoms with E-state index in [2.05, 4.69) is 6.92 Å². The van der Waals surface area contributed by atoms with E-state index in [0.29, 0.717) is 13.2 Å². The van der Waals surface area contributed by atoms with Crippen LogP contribution < -0.4 is 0 Å². The van der Waals surface area contributed by atoms with Gasteiger partial charge >= 0.3 is 0 Å². The Bertz CT molecular complexity index is 190. The van der Waals surface area contributed by atoms with Gasteiger partial charge in [0.1, 0.15) is 6.10 Å². The largest absolute Gasteiger partial charge is 0.395 e. The Labute approximate surface area is 91.2 Å². The molecule has 0 aliphatic carbocycles. The molecule has 1 atom stereocenters. The number of hydrogen-bond donors (Lipinski definition) is 1. The van der Waals surface area contributed by atoms with E-state index in [9.17, 15) is 4.79 Å². The Kier molecular flexibility index (Phi) is 5.65. The van der Waals surface area contributed by atoms with Crippen LogP contribution in [0, 0.1) is 0 Å². The third-order valence-corrected chi connectivity index (χ3v) is 2.67. The number of carbonyl (C=O) groups excluding carboxylic acids is 1. The van der Waals surface area contributed by atoms with Gasteiger partial charge in [0.15, 0.2) is 0 Å². The third kappa shape index (κ3) is 3.80. The van der Waals surface area contributed by atoms with Gasteiger partial charge in [-0.2, -0.15) is 0 Å². The lowest BCUT2D eigenvalue weighted by Crippen LogP contribution is -2.41. The van der Waals surface area contributed by atoms with Gasteiger partial charge in [-0.1, -0.05) is 13.3 Å². The van der Waals surface area contributed by atoms with Crippen molar-refractivity contribution in [3.05, 3.63) is 0 Å². The van der Waals surface area contributed by atoms with Crippen molar-refractivity contribution in [3.63, 3.8) is 0 Å². The lowest BCUT2D eigenvalue weighted by atomic mass is 10.2. The summed E-state index contributed by atoms with van der Waals surface area (Å²) < 4.78 is 5.35. The number of unbranched alkanes of at least 4 members (excludes halogenated alkanes) is 1. The zero-order valence-corrected chi connectivity index (χ0v) is 9.45. The number of carbonyl (C=O) groups is 1. The monoisotopic (exact) mass is 215 g/mol. The summed E-state index contributed by atoms with van der Waals surface area (Å²) in [6, 6.07) is 0. The number of rotatable bonds is 6. The summed E-state index contributed by atoms with van der Waals surface area (Å²) in [4.78, 5) is 13.7. The molecule has 15 heavy (non-hydrogen) atoms. The first-order chi connectivity index (χ1) is 7.29. The molecule has 0 unspecified atom stereocenters. The van der Waals surface area contributed by atoms with Gasteiger partial charge in [0, 0.05) is 19.7 Å². The molecule has 1 N–H and O–H groups in total. The highest BCUT2D eigenvalue weighted by atomic mass is 16.5. The molecule has 1 aliphatic heterocycles. The molecular weight excluding hydrogens is 194 g/mol. The molecule has 0 bridgehead atoms. The smallest absolute Gasteiger partial charge is 0.251 e. The second-order valence-corrected chi connectivity index (χ2v) is 3.90. The van der Waals surface area contributed by atoms with Gasteiger partial charge in [-0.05, 0) is 19.3 Å². The molecule has 1 saturated heterocycles. The standard InChI is InChI=1S/C11H21NO3/c1-2-3-6-12(7-8-13)11(14)10-5-4-9-15-10/h10,13H,2-9H2,1H3/t10-/m0/s1. The van der Waals surface area contributed by atoms with Crippen molar-refractivity contribution in [2.24, 2.45) is 0 Å². The average molecular weight is 215 g/mol. The van der Waals surface area contributed by atoms with Crippen LogP contribution in [0.4, 0.5) is 0 Å². The first kappa shape index (κ1) is 12.5. The van der Waals surface area contributed by atoms with Crippen LogP contribution in [0.5, 0.6) is 0 Å². The van der Waals surface area contributed by atoms with Crippen molar-refractivity contribution >= 4 is 5.91 Å². The second-order valence-electron chi connectivity index (χ2n) is 3.90. The van der Waals surface area contributed by atoms with Gasteiger partial charge in [-0.3, -0.25) is 4.79 Å². The van der Waals surface area contributed by atoms with Gasteiger partial charge < -0.3 is 14.7 Å². The van der Waals surface area contributed by atoms with Crippen LogP contribution in [0.25, 0.3) is 0 Å². The predicted octanol–water partition coefficient (Wildman–Crippen LogP) is 0.786. The quantitative estimate of drug-likeness (QED) is 0.712. The van der Waals surface area contributed by atoms with Gasteiger partial charge in [0.2, 0.25) is 0 Å². The highest BCUT2D eigenvalue weighted by Gasteiger charge is 2.27. The molecule has 0 aromatic carbocycles. The molecule has 0 radical (unpaired) electrons. The molecule has 0 aromatic heterocycles. The summed E-state index contributed by atoms with van der Waals surface area (Å²) in [5.74, 6) is 0.0509. The van der Waals surface area contributed by atoms with Crippen molar-refractivity contribution in [2.75, 3.05) is 26.3 Å². The lowest BCUT2D eigenvalue weighted by molar-refractivity contribution is -0.141. The van der Waals surface area contributed by atoms with E-state index >= 15 is 0 Å². The second kappa shape index (κ2) is 6.80. The van der Waals surface area contributed by atoms with Crippen LogP contribution in [-0.2, 0) is 9.53 Å². The number of hydrogen-bond acceptors (Lipinski definition) is 3. The molecule has 4 nitrogen and oxygen atoms in total. The van der Waals surface area contributed by atoms with Crippen molar-refractivity contribution < 1.29 is 14.6 Å². The summed E-state index contributed by atoms with van der Waals surface area (Å²) in [5.41, 5.74) is 0. The fourth-order valence-corrected chi connectivity index (χ4v) is 1.78. The number of nitrogens with zero attached hydrogens (tertiary/aromatic N) is 1. The molecule has 1 fully saturated rings. The van der Waals surface area contributed by atoms with Crippen LogP contribution in [-0.4, -0.2) is 48.3 Å². The first-order valence-corrected chi connectivity index (χ1v) is 5.80. The molecule has 1 rings (SSSR count). The topological polar surface area (TPSA) is 49.8 Å². The van der Waals surface area contributed by atoms with Crippen LogP contribution in [0.2, 0.25) is 0 Å². The molecule has 1 aliphatic rings. The zero-order chi connectivity index (χ0) is 11.1.